The summed E-state index contributed by atoms with van der Waals surface area (Å²) in [5.74, 6) is -2.36. The van der Waals surface area contributed by atoms with Crippen LogP contribution < -0.4 is 5.32 Å². The van der Waals surface area contributed by atoms with Crippen molar-refractivity contribution in [1.82, 2.24) is 10.2 Å². The SMILES string of the molecule is CC(=O)OCC1=C(C(=O)O)N2C(=O)[C@H](NC(=O)c3cc(C)ccc3C)[C@H]2SC1. The maximum atomic E-state index is 12.6. The molecule has 2 amide bonds. The molecule has 0 bridgehead atoms. The van der Waals surface area contributed by atoms with Gasteiger partial charge in [-0.2, -0.15) is 0 Å². The van der Waals surface area contributed by atoms with Gasteiger partial charge in [-0.15, -0.1) is 11.8 Å². The maximum absolute atomic E-state index is 12.6. The first-order valence-corrected chi connectivity index (χ1v) is 9.67. The molecular weight excluding hydrogens is 384 g/mol. The van der Waals surface area contributed by atoms with Crippen LogP contribution in [0.1, 0.15) is 28.4 Å². The van der Waals surface area contributed by atoms with Crippen LogP contribution in [0, 0.1) is 13.8 Å². The number of nitrogens with one attached hydrogen (secondary N) is 1. The van der Waals surface area contributed by atoms with Gasteiger partial charge in [0.05, 0.1) is 0 Å². The van der Waals surface area contributed by atoms with Crippen LogP contribution >= 0.6 is 11.8 Å². The van der Waals surface area contributed by atoms with Gasteiger partial charge in [0.2, 0.25) is 0 Å². The number of hydrogen-bond donors (Lipinski definition) is 2. The minimum absolute atomic E-state index is 0.174. The summed E-state index contributed by atoms with van der Waals surface area (Å²) >= 11 is 1.33. The van der Waals surface area contributed by atoms with E-state index in [4.69, 9.17) is 4.74 Å². The summed E-state index contributed by atoms with van der Waals surface area (Å²) in [5, 5.41) is 11.8. The van der Waals surface area contributed by atoms with Crippen molar-refractivity contribution in [3.05, 3.63) is 46.2 Å². The Bertz CT molecular complexity index is 910. The van der Waals surface area contributed by atoms with Crippen LogP contribution in [0.3, 0.4) is 0 Å². The third-order valence-electron chi connectivity index (χ3n) is 4.62. The van der Waals surface area contributed by atoms with E-state index in [-0.39, 0.29) is 18.2 Å². The molecule has 2 N–H and O–H groups in total. The quantitative estimate of drug-likeness (QED) is 0.560. The highest BCUT2D eigenvalue weighted by Crippen LogP contribution is 2.40. The number of carboxylic acids is 1. The summed E-state index contributed by atoms with van der Waals surface area (Å²) in [4.78, 5) is 49.1. The fourth-order valence-electron chi connectivity index (χ4n) is 3.18. The van der Waals surface area contributed by atoms with E-state index in [9.17, 15) is 24.3 Å². The van der Waals surface area contributed by atoms with Gasteiger partial charge >= 0.3 is 11.9 Å². The molecule has 1 fully saturated rings. The molecule has 1 aromatic rings. The number of ether oxygens (including phenoxy) is 1. The normalized spacial score (nSPS) is 21.0. The van der Waals surface area contributed by atoms with E-state index in [0.717, 1.165) is 16.0 Å². The summed E-state index contributed by atoms with van der Waals surface area (Å²) in [6.07, 6.45) is 0. The Kier molecular flexibility index (Phi) is 5.46. The van der Waals surface area contributed by atoms with E-state index in [1.807, 2.05) is 26.0 Å². The number of carbonyl (C=O) groups is 4. The van der Waals surface area contributed by atoms with E-state index in [1.165, 1.54) is 18.7 Å². The number of rotatable bonds is 5. The molecule has 1 saturated heterocycles. The largest absolute Gasteiger partial charge is 0.477 e. The van der Waals surface area contributed by atoms with Gasteiger partial charge < -0.3 is 15.2 Å². The lowest BCUT2D eigenvalue weighted by atomic mass is 10.0. The monoisotopic (exact) mass is 404 g/mol. The molecule has 0 aliphatic carbocycles. The molecule has 148 valence electrons. The molecule has 0 unspecified atom stereocenters. The molecule has 0 aromatic heterocycles. The minimum atomic E-state index is -1.26. The van der Waals surface area contributed by atoms with Crippen LogP contribution in [-0.2, 0) is 19.1 Å². The van der Waals surface area contributed by atoms with Gasteiger partial charge in [0.25, 0.3) is 11.8 Å². The third kappa shape index (κ3) is 3.62. The van der Waals surface area contributed by atoms with E-state index in [2.05, 4.69) is 5.32 Å². The van der Waals surface area contributed by atoms with Gasteiger partial charge in [-0.3, -0.25) is 19.3 Å². The number of benzene rings is 1. The Morgan fingerprint density at radius 3 is 2.68 bits per heavy atom. The molecule has 2 atom stereocenters. The molecule has 28 heavy (non-hydrogen) atoms. The van der Waals surface area contributed by atoms with Gasteiger partial charge in [-0.25, -0.2) is 4.79 Å². The van der Waals surface area contributed by atoms with Gasteiger partial charge in [0.15, 0.2) is 0 Å². The molecule has 0 spiro atoms. The van der Waals surface area contributed by atoms with E-state index >= 15 is 0 Å². The number of β-lactam (4-membered cyclic amide) rings is 1. The van der Waals surface area contributed by atoms with Gasteiger partial charge in [-0.05, 0) is 25.5 Å². The minimum Gasteiger partial charge on any atom is -0.477 e. The summed E-state index contributed by atoms with van der Waals surface area (Å²) in [7, 11) is 0. The Hall–Kier alpha value is -2.81. The zero-order valence-corrected chi connectivity index (χ0v) is 16.5. The second-order valence-corrected chi connectivity index (χ2v) is 7.82. The molecule has 2 aliphatic rings. The van der Waals surface area contributed by atoms with E-state index in [1.54, 1.807) is 6.07 Å². The molecule has 8 nitrogen and oxygen atoms in total. The first-order chi connectivity index (χ1) is 13.2. The van der Waals surface area contributed by atoms with Crippen molar-refractivity contribution in [3.63, 3.8) is 0 Å². The molecule has 3 rings (SSSR count). The number of carbonyl (C=O) groups excluding carboxylic acids is 3. The first-order valence-electron chi connectivity index (χ1n) is 8.62. The van der Waals surface area contributed by atoms with Crippen molar-refractivity contribution < 1.29 is 29.0 Å². The molecular formula is C19H20N2O6S. The summed E-state index contributed by atoms with van der Waals surface area (Å²) in [6, 6.07) is 4.68. The second-order valence-electron chi connectivity index (χ2n) is 6.72. The second kappa shape index (κ2) is 7.67. The van der Waals surface area contributed by atoms with Crippen molar-refractivity contribution >= 4 is 35.5 Å². The molecule has 2 heterocycles. The molecule has 2 aliphatic heterocycles. The number of carboxylic acid groups (broad SMARTS) is 1. The zero-order chi connectivity index (χ0) is 20.6. The van der Waals surface area contributed by atoms with Crippen LogP contribution in [0.2, 0.25) is 0 Å². The number of aliphatic carboxylic acids is 1. The first kappa shape index (κ1) is 19.9. The fraction of sp³-hybridized carbons (Fsp3) is 0.368. The van der Waals surface area contributed by atoms with Gasteiger partial charge in [0.1, 0.15) is 23.7 Å². The summed E-state index contributed by atoms with van der Waals surface area (Å²) in [6.45, 7) is 4.73. The highest BCUT2D eigenvalue weighted by Gasteiger charge is 2.54. The third-order valence-corrected chi connectivity index (χ3v) is 5.96. The number of thioether (sulfide) groups is 1. The number of nitrogens with zero attached hydrogens (tertiary/aromatic N) is 1. The van der Waals surface area contributed by atoms with Crippen LogP contribution in [0.15, 0.2) is 29.5 Å². The van der Waals surface area contributed by atoms with E-state index < -0.39 is 29.3 Å². The van der Waals surface area contributed by atoms with Crippen LogP contribution in [0.4, 0.5) is 0 Å². The van der Waals surface area contributed by atoms with Crippen molar-refractivity contribution in [1.29, 1.82) is 0 Å². The number of hydrogen-bond acceptors (Lipinski definition) is 6. The summed E-state index contributed by atoms with van der Waals surface area (Å²) < 4.78 is 4.90. The Morgan fingerprint density at radius 1 is 1.32 bits per heavy atom. The van der Waals surface area contributed by atoms with Crippen molar-refractivity contribution in [2.75, 3.05) is 12.4 Å². The zero-order valence-electron chi connectivity index (χ0n) is 15.6. The predicted molar refractivity (Wildman–Crippen MR) is 102 cm³/mol. The van der Waals surface area contributed by atoms with Gasteiger partial charge in [0, 0.05) is 23.8 Å². The molecule has 9 heteroatoms. The number of esters is 1. The van der Waals surface area contributed by atoms with Crippen LogP contribution in [-0.4, -0.2) is 57.5 Å². The Morgan fingerprint density at radius 2 is 2.04 bits per heavy atom. The lowest BCUT2D eigenvalue weighted by Gasteiger charge is -2.49. The highest BCUT2D eigenvalue weighted by atomic mass is 32.2. The number of amides is 2. The van der Waals surface area contributed by atoms with Crippen molar-refractivity contribution in [2.24, 2.45) is 0 Å². The highest BCUT2D eigenvalue weighted by molar-refractivity contribution is 8.00. The lowest BCUT2D eigenvalue weighted by molar-refractivity contribution is -0.149. The van der Waals surface area contributed by atoms with Crippen molar-refractivity contribution in [2.45, 2.75) is 32.2 Å². The molecule has 0 saturated carbocycles. The van der Waals surface area contributed by atoms with Crippen LogP contribution in [0.5, 0.6) is 0 Å². The smallest absolute Gasteiger partial charge is 0.352 e. The number of aryl methyl sites for hydroxylation is 2. The average molecular weight is 404 g/mol. The van der Waals surface area contributed by atoms with Gasteiger partial charge in [-0.1, -0.05) is 17.7 Å². The fourth-order valence-corrected chi connectivity index (χ4v) is 4.51. The van der Waals surface area contributed by atoms with Crippen LogP contribution in [0.25, 0.3) is 0 Å². The topological polar surface area (TPSA) is 113 Å². The average Bonchev–Trinajstić information content (AvgIpc) is 2.64. The molecule has 0 radical (unpaired) electrons. The predicted octanol–water partition coefficient (Wildman–Crippen LogP) is 1.22. The molecule has 1 aromatic carbocycles. The van der Waals surface area contributed by atoms with E-state index in [0.29, 0.717) is 16.9 Å². The lowest BCUT2D eigenvalue weighted by Crippen LogP contribution is -2.70. The summed E-state index contributed by atoms with van der Waals surface area (Å²) in [5.41, 5.74) is 2.38. The Labute approximate surface area is 165 Å². The maximum Gasteiger partial charge on any atom is 0.352 e. The Balaban J connectivity index is 1.78. The van der Waals surface area contributed by atoms with Crippen molar-refractivity contribution in [3.8, 4) is 0 Å². The standard InChI is InChI=1S/C19H20N2O6S/c1-9-4-5-10(2)13(6-9)16(23)20-14-17(24)21-15(19(25)26)12(7-27-11(3)22)8-28-18(14)21/h4-6,14,18H,7-8H2,1-3H3,(H,20,23)(H,25,26)/t14-,18+/m0/s1. The number of fused-ring (bicyclic) bond motifs is 1.